The van der Waals surface area contributed by atoms with Gasteiger partial charge in [-0.25, -0.2) is 0 Å². The zero-order chi connectivity index (χ0) is 14.6. The summed E-state index contributed by atoms with van der Waals surface area (Å²) >= 11 is 0. The van der Waals surface area contributed by atoms with Gasteiger partial charge in [0, 0.05) is 25.3 Å². The second-order valence-corrected chi connectivity index (χ2v) is 6.39. The molecule has 3 nitrogen and oxygen atoms in total. The molecule has 0 saturated carbocycles. The lowest BCUT2D eigenvalue weighted by molar-refractivity contribution is 0.0388. The van der Waals surface area contributed by atoms with Crippen LogP contribution in [0.2, 0.25) is 0 Å². The molecule has 0 spiro atoms. The van der Waals surface area contributed by atoms with Gasteiger partial charge in [-0.05, 0) is 36.8 Å². The minimum atomic E-state index is -0.448. The fourth-order valence-electron chi connectivity index (χ4n) is 2.56. The number of hydrogen-bond donors (Lipinski definition) is 2. The molecule has 20 heavy (non-hydrogen) atoms. The highest BCUT2D eigenvalue weighted by molar-refractivity contribution is 5.26. The molecule has 2 N–H and O–H groups in total. The molecule has 0 bridgehead atoms. The smallest absolute Gasteiger partial charge is 0.0914 e. The summed E-state index contributed by atoms with van der Waals surface area (Å²) in [6, 6.07) is 8.29. The van der Waals surface area contributed by atoms with E-state index in [1.807, 2.05) is 12.1 Å². The summed E-state index contributed by atoms with van der Waals surface area (Å²) in [6.07, 6.45) is 1.56. The first-order valence-corrected chi connectivity index (χ1v) is 7.61. The second kappa shape index (κ2) is 6.70. The molecular weight excluding hydrogens is 250 g/mol. The van der Waals surface area contributed by atoms with Crippen molar-refractivity contribution in [1.82, 2.24) is 5.32 Å². The first kappa shape index (κ1) is 15.5. The SMILES string of the molecule is CC(C)c1ccc(C(O)CNC2(C)CCOCC2)cc1. The third-order valence-electron chi connectivity index (χ3n) is 4.31. The average molecular weight is 277 g/mol. The molecule has 1 saturated heterocycles. The zero-order valence-electron chi connectivity index (χ0n) is 12.9. The van der Waals surface area contributed by atoms with E-state index >= 15 is 0 Å². The highest BCUT2D eigenvalue weighted by atomic mass is 16.5. The molecule has 1 aliphatic heterocycles. The van der Waals surface area contributed by atoms with Crippen LogP contribution in [0.5, 0.6) is 0 Å². The maximum Gasteiger partial charge on any atom is 0.0914 e. The summed E-state index contributed by atoms with van der Waals surface area (Å²) in [5.74, 6) is 0.528. The summed E-state index contributed by atoms with van der Waals surface area (Å²) < 4.78 is 5.39. The predicted octanol–water partition coefficient (Wildman–Crippen LogP) is 3.00. The first-order valence-electron chi connectivity index (χ1n) is 7.61. The van der Waals surface area contributed by atoms with Crippen molar-refractivity contribution in [1.29, 1.82) is 0 Å². The van der Waals surface area contributed by atoms with Gasteiger partial charge in [-0.3, -0.25) is 0 Å². The summed E-state index contributed by atoms with van der Waals surface area (Å²) in [4.78, 5) is 0. The van der Waals surface area contributed by atoms with Crippen LogP contribution in [-0.4, -0.2) is 30.4 Å². The normalized spacial score (nSPS) is 20.1. The third kappa shape index (κ3) is 4.05. The molecule has 1 aliphatic rings. The summed E-state index contributed by atoms with van der Waals surface area (Å²) in [6.45, 7) is 8.78. The highest BCUT2D eigenvalue weighted by Gasteiger charge is 2.27. The Labute approximate surface area is 122 Å². The minimum absolute atomic E-state index is 0.0943. The van der Waals surface area contributed by atoms with Crippen molar-refractivity contribution in [3.05, 3.63) is 35.4 Å². The Morgan fingerprint density at radius 1 is 1.15 bits per heavy atom. The second-order valence-electron chi connectivity index (χ2n) is 6.39. The van der Waals surface area contributed by atoms with E-state index in [4.69, 9.17) is 4.74 Å². The summed E-state index contributed by atoms with van der Waals surface area (Å²) in [7, 11) is 0. The fourth-order valence-corrected chi connectivity index (χ4v) is 2.56. The van der Waals surface area contributed by atoms with Gasteiger partial charge in [0.15, 0.2) is 0 Å². The van der Waals surface area contributed by atoms with E-state index in [1.165, 1.54) is 5.56 Å². The van der Waals surface area contributed by atoms with Crippen LogP contribution in [0.25, 0.3) is 0 Å². The van der Waals surface area contributed by atoms with Crippen LogP contribution < -0.4 is 5.32 Å². The molecule has 1 unspecified atom stereocenters. The zero-order valence-corrected chi connectivity index (χ0v) is 12.9. The Hall–Kier alpha value is -0.900. The molecule has 3 heteroatoms. The van der Waals surface area contributed by atoms with Crippen LogP contribution in [0, 0.1) is 0 Å². The van der Waals surface area contributed by atoms with Crippen LogP contribution in [0.3, 0.4) is 0 Å². The standard InChI is InChI=1S/C17H27NO2/c1-13(2)14-4-6-15(7-5-14)16(19)12-18-17(3)8-10-20-11-9-17/h4-7,13,16,18-19H,8-12H2,1-3H3. The number of benzene rings is 1. The molecule has 0 aliphatic carbocycles. The molecule has 1 atom stereocenters. The van der Waals surface area contributed by atoms with E-state index in [-0.39, 0.29) is 5.54 Å². The van der Waals surface area contributed by atoms with Gasteiger partial charge < -0.3 is 15.2 Å². The van der Waals surface area contributed by atoms with Crippen LogP contribution in [0.15, 0.2) is 24.3 Å². The lowest BCUT2D eigenvalue weighted by Gasteiger charge is -2.35. The number of aliphatic hydroxyl groups is 1. The number of nitrogens with one attached hydrogen (secondary N) is 1. The molecule has 0 aromatic heterocycles. The molecule has 1 aromatic rings. The number of β-amino-alcohol motifs (C(OH)–C–C–N with tert-alkyl or cyclic N) is 1. The quantitative estimate of drug-likeness (QED) is 0.869. The number of rotatable bonds is 5. The van der Waals surface area contributed by atoms with Gasteiger partial charge in [-0.15, -0.1) is 0 Å². The summed E-state index contributed by atoms with van der Waals surface area (Å²) in [5, 5.41) is 13.8. The fraction of sp³-hybridized carbons (Fsp3) is 0.647. The highest BCUT2D eigenvalue weighted by Crippen LogP contribution is 2.22. The Bertz CT molecular complexity index is 408. The Morgan fingerprint density at radius 3 is 2.25 bits per heavy atom. The molecule has 2 rings (SSSR count). The van der Waals surface area contributed by atoms with Gasteiger partial charge in [0.2, 0.25) is 0 Å². The Morgan fingerprint density at radius 2 is 1.70 bits per heavy atom. The predicted molar refractivity (Wildman–Crippen MR) is 82.0 cm³/mol. The van der Waals surface area contributed by atoms with Crippen molar-refractivity contribution in [2.45, 2.75) is 51.2 Å². The first-order chi connectivity index (χ1) is 9.50. The lowest BCUT2D eigenvalue weighted by Crippen LogP contribution is -2.48. The van der Waals surface area contributed by atoms with Crippen LogP contribution in [0.1, 0.15) is 56.8 Å². The van der Waals surface area contributed by atoms with Crippen molar-refractivity contribution in [2.75, 3.05) is 19.8 Å². The van der Waals surface area contributed by atoms with Gasteiger partial charge >= 0.3 is 0 Å². The number of hydrogen-bond acceptors (Lipinski definition) is 3. The maximum atomic E-state index is 10.3. The Kier molecular flexibility index (Phi) is 5.19. The summed E-state index contributed by atoms with van der Waals surface area (Å²) in [5.41, 5.74) is 2.39. The Balaban J connectivity index is 1.89. The van der Waals surface area contributed by atoms with Gasteiger partial charge in [0.05, 0.1) is 6.10 Å². The molecule has 1 fully saturated rings. The van der Waals surface area contributed by atoms with Crippen molar-refractivity contribution in [2.24, 2.45) is 0 Å². The molecule has 112 valence electrons. The van der Waals surface area contributed by atoms with E-state index in [2.05, 4.69) is 38.2 Å². The minimum Gasteiger partial charge on any atom is -0.387 e. The van der Waals surface area contributed by atoms with Gasteiger partial charge in [-0.2, -0.15) is 0 Å². The van der Waals surface area contributed by atoms with Gasteiger partial charge in [0.1, 0.15) is 0 Å². The molecule has 1 heterocycles. The van der Waals surface area contributed by atoms with E-state index in [0.717, 1.165) is 31.6 Å². The topological polar surface area (TPSA) is 41.5 Å². The molecular formula is C17H27NO2. The van der Waals surface area contributed by atoms with Crippen LogP contribution in [-0.2, 0) is 4.74 Å². The van der Waals surface area contributed by atoms with Crippen molar-refractivity contribution in [3.8, 4) is 0 Å². The third-order valence-corrected chi connectivity index (χ3v) is 4.31. The molecule has 0 amide bonds. The largest absolute Gasteiger partial charge is 0.387 e. The lowest BCUT2D eigenvalue weighted by atomic mass is 9.92. The van der Waals surface area contributed by atoms with Crippen molar-refractivity contribution in [3.63, 3.8) is 0 Å². The molecule has 1 aromatic carbocycles. The number of ether oxygens (including phenoxy) is 1. The monoisotopic (exact) mass is 277 g/mol. The number of aliphatic hydroxyl groups excluding tert-OH is 1. The molecule has 0 radical (unpaired) electrons. The van der Waals surface area contributed by atoms with Gasteiger partial charge in [-0.1, -0.05) is 38.1 Å². The van der Waals surface area contributed by atoms with E-state index in [1.54, 1.807) is 0 Å². The van der Waals surface area contributed by atoms with E-state index in [9.17, 15) is 5.11 Å². The van der Waals surface area contributed by atoms with Crippen LogP contribution in [0.4, 0.5) is 0 Å². The van der Waals surface area contributed by atoms with Crippen molar-refractivity contribution >= 4 is 0 Å². The van der Waals surface area contributed by atoms with Crippen LogP contribution >= 0.6 is 0 Å². The maximum absolute atomic E-state index is 10.3. The van der Waals surface area contributed by atoms with Gasteiger partial charge in [0.25, 0.3) is 0 Å². The average Bonchev–Trinajstić information content (AvgIpc) is 2.46. The van der Waals surface area contributed by atoms with Crippen molar-refractivity contribution < 1.29 is 9.84 Å². The van der Waals surface area contributed by atoms with E-state index < -0.39 is 6.10 Å². The van der Waals surface area contributed by atoms with E-state index in [0.29, 0.717) is 12.5 Å².